The normalized spacial score (nSPS) is 6.86. The van der Waals surface area contributed by atoms with Crippen LogP contribution in [-0.4, -0.2) is 56.4 Å². The molecule has 1 aromatic rings. The van der Waals surface area contributed by atoms with E-state index in [0.29, 0.717) is 0 Å². The van der Waals surface area contributed by atoms with Crippen molar-refractivity contribution in [3.63, 3.8) is 0 Å². The van der Waals surface area contributed by atoms with Crippen LogP contribution in [0.4, 0.5) is 0 Å². The van der Waals surface area contributed by atoms with Crippen LogP contribution in [0.5, 0.6) is 0 Å². The molecule has 0 atom stereocenters. The Morgan fingerprint density at radius 3 is 1.57 bits per heavy atom. The fraction of sp³-hybridized carbons (Fsp3) is 0. The van der Waals surface area contributed by atoms with E-state index in [-0.39, 0.29) is 51.4 Å². The van der Waals surface area contributed by atoms with Crippen LogP contribution in [0.3, 0.4) is 0 Å². The number of aromatic nitrogens is 1. The Labute approximate surface area is 85.6 Å². The fourth-order valence-electron chi connectivity index (χ4n) is 0.313. The Balaban J connectivity index is 0.000000360. The van der Waals surface area contributed by atoms with Crippen molar-refractivity contribution in [3.05, 3.63) is 30.6 Å². The number of pyridine rings is 1. The Hall–Kier alpha value is 0.786. The molecule has 0 radical (unpaired) electrons. The van der Waals surface area contributed by atoms with Crippen LogP contribution in [-0.2, 0) is 0 Å². The molecule has 0 bridgehead atoms. The summed E-state index contributed by atoms with van der Waals surface area (Å²) < 4.78 is 0. The molecule has 0 aromatic carbocycles. The molecule has 0 saturated carbocycles. The summed E-state index contributed by atoms with van der Waals surface area (Å²) >= 11 is 0. The van der Waals surface area contributed by atoms with E-state index in [1.165, 1.54) is 0 Å². The van der Waals surface area contributed by atoms with Crippen LogP contribution in [0.15, 0.2) is 30.6 Å². The Kier molecular flexibility index (Phi) is 5.49. The van der Waals surface area contributed by atoms with E-state index in [1.807, 2.05) is 18.2 Å². The van der Waals surface area contributed by atoms with Crippen LogP contribution in [0, 0.1) is 0 Å². The second-order valence-electron chi connectivity index (χ2n) is 1.02. The molecule has 0 fully saturated rings. The van der Waals surface area contributed by atoms with Crippen molar-refractivity contribution < 1.29 is 0 Å². The van der Waals surface area contributed by atoms with E-state index in [4.69, 9.17) is 0 Å². The van der Waals surface area contributed by atoms with Crippen molar-refractivity contribution in [1.29, 1.82) is 0 Å². The molecule has 1 nitrogen and oxygen atoms in total. The summed E-state index contributed by atoms with van der Waals surface area (Å²) in [6, 6.07) is 5.72. The molecule has 0 aliphatic heterocycles. The zero-order chi connectivity index (χ0) is 4.24. The molecule has 0 amide bonds. The molecule has 32 valence electrons. The first-order valence-electron chi connectivity index (χ1n) is 1.85. The average Bonchev–Trinajstić information content (AvgIpc) is 1.72. The van der Waals surface area contributed by atoms with E-state index >= 15 is 0 Å². The SMILES string of the molecule is [KH].c1ccncc1. The molecule has 1 heterocycles. The zero-order valence-corrected chi connectivity index (χ0v) is 3.33. The molecule has 0 spiro atoms. The summed E-state index contributed by atoms with van der Waals surface area (Å²) in [5.41, 5.74) is 0. The predicted octanol–water partition coefficient (Wildman–Crippen LogP) is 0.433. The molecule has 7 heavy (non-hydrogen) atoms. The van der Waals surface area contributed by atoms with Gasteiger partial charge in [0, 0.05) is 12.4 Å². The second kappa shape index (κ2) is 4.93. The van der Waals surface area contributed by atoms with Crippen LogP contribution in [0.2, 0.25) is 0 Å². The average molecular weight is 119 g/mol. The molecule has 0 N–H and O–H groups in total. The number of hydrogen-bond acceptors (Lipinski definition) is 1. The first kappa shape index (κ1) is 7.79. The Morgan fingerprint density at radius 2 is 1.43 bits per heavy atom. The van der Waals surface area contributed by atoms with Gasteiger partial charge in [-0.25, -0.2) is 0 Å². The molecule has 0 saturated heterocycles. The number of nitrogens with zero attached hydrogens (tertiary/aromatic N) is 1. The molecule has 2 heteroatoms. The van der Waals surface area contributed by atoms with Crippen molar-refractivity contribution in [2.24, 2.45) is 0 Å². The Morgan fingerprint density at radius 1 is 0.857 bits per heavy atom. The van der Waals surface area contributed by atoms with Crippen LogP contribution in [0.1, 0.15) is 0 Å². The van der Waals surface area contributed by atoms with E-state index in [9.17, 15) is 0 Å². The largest absolute Gasteiger partial charge is 0.265 e. The first-order valence-corrected chi connectivity index (χ1v) is 1.85. The van der Waals surface area contributed by atoms with Gasteiger partial charge < -0.3 is 0 Å². The summed E-state index contributed by atoms with van der Waals surface area (Å²) in [4.78, 5) is 3.78. The minimum absolute atomic E-state index is 0. The van der Waals surface area contributed by atoms with E-state index < -0.39 is 0 Å². The number of rotatable bonds is 0. The predicted molar refractivity (Wildman–Crippen MR) is 31.4 cm³/mol. The van der Waals surface area contributed by atoms with Gasteiger partial charge in [0.05, 0.1) is 0 Å². The van der Waals surface area contributed by atoms with E-state index in [2.05, 4.69) is 4.98 Å². The van der Waals surface area contributed by atoms with Crippen LogP contribution in [0.25, 0.3) is 0 Å². The van der Waals surface area contributed by atoms with Gasteiger partial charge in [0.15, 0.2) is 0 Å². The van der Waals surface area contributed by atoms with Crippen molar-refractivity contribution in [3.8, 4) is 0 Å². The minimum atomic E-state index is 0. The summed E-state index contributed by atoms with van der Waals surface area (Å²) in [5.74, 6) is 0. The molecule has 0 unspecified atom stereocenters. The van der Waals surface area contributed by atoms with Crippen molar-refractivity contribution in [2.75, 3.05) is 0 Å². The van der Waals surface area contributed by atoms with Gasteiger partial charge in [-0.1, -0.05) is 6.07 Å². The quantitative estimate of drug-likeness (QED) is 0.451. The molecule has 1 aromatic heterocycles. The van der Waals surface area contributed by atoms with Crippen molar-refractivity contribution in [2.45, 2.75) is 0 Å². The standard InChI is InChI=1S/C5H5N.K.H/c1-2-4-6-5-3-1;;/h1-5H;;. The third kappa shape index (κ3) is 3.38. The van der Waals surface area contributed by atoms with Crippen LogP contribution < -0.4 is 0 Å². The second-order valence-corrected chi connectivity index (χ2v) is 1.02. The first-order chi connectivity index (χ1) is 3.00. The molecular formula is C5H6KN. The van der Waals surface area contributed by atoms with Crippen molar-refractivity contribution >= 4 is 51.4 Å². The zero-order valence-electron chi connectivity index (χ0n) is 3.33. The monoisotopic (exact) mass is 119 g/mol. The van der Waals surface area contributed by atoms with Gasteiger partial charge in [-0.3, -0.25) is 4.98 Å². The minimum Gasteiger partial charge on any atom is -0.265 e. The molecule has 1 rings (SSSR count). The van der Waals surface area contributed by atoms with Gasteiger partial charge in [-0.05, 0) is 12.1 Å². The van der Waals surface area contributed by atoms with Gasteiger partial charge in [0.1, 0.15) is 0 Å². The van der Waals surface area contributed by atoms with E-state index in [0.717, 1.165) is 0 Å². The maximum absolute atomic E-state index is 3.78. The third-order valence-electron chi connectivity index (χ3n) is 0.566. The van der Waals surface area contributed by atoms with E-state index in [1.54, 1.807) is 12.4 Å². The molecule has 0 aliphatic rings. The topological polar surface area (TPSA) is 12.9 Å². The summed E-state index contributed by atoms with van der Waals surface area (Å²) in [6.07, 6.45) is 3.50. The molecule has 0 aliphatic carbocycles. The maximum atomic E-state index is 3.78. The molecular weight excluding hydrogens is 113 g/mol. The van der Waals surface area contributed by atoms with Gasteiger partial charge in [-0.15, -0.1) is 0 Å². The van der Waals surface area contributed by atoms with Crippen LogP contribution >= 0.6 is 0 Å². The number of hydrogen-bond donors (Lipinski definition) is 0. The maximum Gasteiger partial charge on any atom is 0.0267 e. The summed E-state index contributed by atoms with van der Waals surface area (Å²) in [6.45, 7) is 0. The van der Waals surface area contributed by atoms with Gasteiger partial charge >= 0.3 is 51.4 Å². The van der Waals surface area contributed by atoms with Gasteiger partial charge in [-0.2, -0.15) is 0 Å². The fourth-order valence-corrected chi connectivity index (χ4v) is 0.313. The third-order valence-corrected chi connectivity index (χ3v) is 0.566. The Bertz CT molecular complexity index is 80.0. The summed E-state index contributed by atoms with van der Waals surface area (Å²) in [7, 11) is 0. The summed E-state index contributed by atoms with van der Waals surface area (Å²) in [5, 5.41) is 0. The van der Waals surface area contributed by atoms with Gasteiger partial charge in [0.25, 0.3) is 0 Å². The van der Waals surface area contributed by atoms with Gasteiger partial charge in [0.2, 0.25) is 0 Å². The smallest absolute Gasteiger partial charge is 0.0267 e. The van der Waals surface area contributed by atoms with Crippen molar-refractivity contribution in [1.82, 2.24) is 4.98 Å².